The topological polar surface area (TPSA) is 87.2 Å². The fourth-order valence-electron chi connectivity index (χ4n) is 5.88. The molecule has 192 valence electrons. The predicted octanol–water partition coefficient (Wildman–Crippen LogP) is 5.72. The minimum absolute atomic E-state index is 0.000268. The lowest BCUT2D eigenvalue weighted by molar-refractivity contribution is -0.329. The summed E-state index contributed by atoms with van der Waals surface area (Å²) >= 11 is 0. The van der Waals surface area contributed by atoms with E-state index in [0.29, 0.717) is 6.42 Å². The number of imide groups is 1. The smallest absolute Gasteiger partial charge is 0.335 e. The molecule has 36 heavy (non-hydrogen) atoms. The van der Waals surface area contributed by atoms with Gasteiger partial charge in [-0.05, 0) is 69.7 Å². The second-order valence-electron chi connectivity index (χ2n) is 10.6. The van der Waals surface area contributed by atoms with Gasteiger partial charge in [0.2, 0.25) is 0 Å². The van der Waals surface area contributed by atoms with Crippen molar-refractivity contribution in [3.05, 3.63) is 70.8 Å². The molecular formula is C29H36N2O5. The molecule has 2 aromatic carbocycles. The van der Waals surface area contributed by atoms with Crippen LogP contribution in [0, 0.1) is 5.92 Å². The lowest BCUT2D eigenvalue weighted by Crippen LogP contribution is -2.70. The third-order valence-electron chi connectivity index (χ3n) is 8.67. The third-order valence-corrected chi connectivity index (χ3v) is 8.67. The average molecular weight is 493 g/mol. The van der Waals surface area contributed by atoms with Crippen LogP contribution in [0.25, 0.3) is 0 Å². The minimum atomic E-state index is -1.13. The van der Waals surface area contributed by atoms with Gasteiger partial charge in [-0.15, -0.1) is 0 Å². The van der Waals surface area contributed by atoms with Crippen LogP contribution in [0.4, 0.5) is 0 Å². The van der Waals surface area contributed by atoms with Gasteiger partial charge in [-0.25, -0.2) is 4.79 Å². The molecule has 1 saturated heterocycles. The fourth-order valence-corrected chi connectivity index (χ4v) is 5.88. The number of carboxylic acids is 1. The maximum absolute atomic E-state index is 13.5. The summed E-state index contributed by atoms with van der Waals surface area (Å²) in [6, 6.07) is 13.9. The summed E-state index contributed by atoms with van der Waals surface area (Å²) in [7, 11) is 0. The predicted molar refractivity (Wildman–Crippen MR) is 137 cm³/mol. The molecule has 5 unspecified atom stereocenters. The summed E-state index contributed by atoms with van der Waals surface area (Å²) in [6.07, 6.45) is 1.91. The van der Waals surface area contributed by atoms with Crippen molar-refractivity contribution in [3.8, 4) is 0 Å². The number of nitrogens with zero attached hydrogens (tertiary/aromatic N) is 2. The van der Waals surface area contributed by atoms with E-state index in [2.05, 4.69) is 51.8 Å². The van der Waals surface area contributed by atoms with E-state index in [-0.39, 0.29) is 40.7 Å². The average Bonchev–Trinajstić information content (AvgIpc) is 3.13. The Hall–Kier alpha value is -3.03. The van der Waals surface area contributed by atoms with E-state index in [4.69, 9.17) is 4.84 Å². The quantitative estimate of drug-likeness (QED) is 0.497. The zero-order valence-electron chi connectivity index (χ0n) is 21.9. The Labute approximate surface area is 213 Å². The number of carbonyl (C=O) groups excluding carboxylic acids is 2. The zero-order valence-corrected chi connectivity index (χ0v) is 21.9. The number of amides is 2. The first-order valence-corrected chi connectivity index (χ1v) is 12.8. The van der Waals surface area contributed by atoms with Gasteiger partial charge < -0.3 is 5.11 Å². The molecule has 7 heteroatoms. The molecule has 0 aromatic heterocycles. The molecule has 2 aromatic rings. The van der Waals surface area contributed by atoms with Gasteiger partial charge in [0.05, 0.1) is 16.7 Å². The van der Waals surface area contributed by atoms with Crippen molar-refractivity contribution in [2.45, 2.75) is 84.0 Å². The summed E-state index contributed by atoms with van der Waals surface area (Å²) in [4.78, 5) is 46.6. The van der Waals surface area contributed by atoms with Gasteiger partial charge in [-0.1, -0.05) is 51.1 Å². The normalized spacial score (nSPS) is 29.3. The van der Waals surface area contributed by atoms with Crippen molar-refractivity contribution in [2.75, 3.05) is 0 Å². The second kappa shape index (κ2) is 9.45. The molecule has 1 N–H and O–H groups in total. The number of fused-ring (bicyclic) bond motifs is 1. The number of piperidine rings is 1. The summed E-state index contributed by atoms with van der Waals surface area (Å²) in [5.41, 5.74) is 0.619. The number of rotatable bonds is 7. The highest BCUT2D eigenvalue weighted by Gasteiger charge is 2.58. The lowest BCUT2D eigenvalue weighted by atomic mass is 9.68. The van der Waals surface area contributed by atoms with Crippen LogP contribution >= 0.6 is 0 Å². The highest BCUT2D eigenvalue weighted by molar-refractivity contribution is 6.22. The number of hydrogen-bond donors (Lipinski definition) is 1. The maximum Gasteiger partial charge on any atom is 0.335 e. The molecule has 1 fully saturated rings. The largest absolute Gasteiger partial charge is 0.478 e. The number of aromatic carboxylic acids is 1. The summed E-state index contributed by atoms with van der Waals surface area (Å²) < 4.78 is 0. The Balaban J connectivity index is 1.71. The summed E-state index contributed by atoms with van der Waals surface area (Å²) in [5.74, 6) is -1.99. The van der Waals surface area contributed by atoms with Crippen molar-refractivity contribution >= 4 is 17.8 Å². The Morgan fingerprint density at radius 1 is 1.06 bits per heavy atom. The second-order valence-corrected chi connectivity index (χ2v) is 10.6. The van der Waals surface area contributed by atoms with Gasteiger partial charge in [0.15, 0.2) is 0 Å². The van der Waals surface area contributed by atoms with Crippen LogP contribution in [0.15, 0.2) is 48.5 Å². The standard InChI is InChI=1S/C29H36N2O5/c1-7-28(5)17-24(30-25(32)22-15-14-21(27(34)35)16-23(22)26(30)33)18(3)29(6,8-2)31(28)36-19(4)20-12-10-9-11-13-20/h9-16,18-19,24H,7-8,17H2,1-6H3,(H,34,35). The molecule has 0 aliphatic carbocycles. The molecule has 0 bridgehead atoms. The van der Waals surface area contributed by atoms with E-state index in [1.807, 2.05) is 25.1 Å². The lowest BCUT2D eigenvalue weighted by Gasteiger charge is -2.60. The van der Waals surface area contributed by atoms with E-state index in [1.165, 1.54) is 23.1 Å². The van der Waals surface area contributed by atoms with Crippen LogP contribution in [0.1, 0.15) is 104 Å². The van der Waals surface area contributed by atoms with E-state index < -0.39 is 23.0 Å². The van der Waals surface area contributed by atoms with Crippen LogP contribution in [0.3, 0.4) is 0 Å². The zero-order chi connectivity index (χ0) is 26.4. The molecular weight excluding hydrogens is 456 g/mol. The number of benzene rings is 2. The van der Waals surface area contributed by atoms with Crippen molar-refractivity contribution < 1.29 is 24.3 Å². The van der Waals surface area contributed by atoms with Gasteiger partial charge in [-0.2, -0.15) is 5.06 Å². The molecule has 2 aliphatic rings. The van der Waals surface area contributed by atoms with E-state index in [1.54, 1.807) is 0 Å². The van der Waals surface area contributed by atoms with Crippen LogP contribution < -0.4 is 0 Å². The van der Waals surface area contributed by atoms with Crippen LogP contribution in [0.5, 0.6) is 0 Å². The fraction of sp³-hybridized carbons (Fsp3) is 0.483. The molecule has 5 atom stereocenters. The summed E-state index contributed by atoms with van der Waals surface area (Å²) in [6.45, 7) is 12.6. The molecule has 4 rings (SSSR count). The Morgan fingerprint density at radius 2 is 1.69 bits per heavy atom. The van der Waals surface area contributed by atoms with Crippen molar-refractivity contribution in [1.82, 2.24) is 9.96 Å². The number of hydrogen-bond acceptors (Lipinski definition) is 5. The first kappa shape index (κ1) is 26.0. The van der Waals surface area contributed by atoms with Gasteiger partial charge in [0.25, 0.3) is 11.8 Å². The minimum Gasteiger partial charge on any atom is -0.478 e. The van der Waals surface area contributed by atoms with Crippen LogP contribution in [-0.2, 0) is 4.84 Å². The molecule has 7 nitrogen and oxygen atoms in total. The number of hydroxylamine groups is 2. The maximum atomic E-state index is 13.5. The Bertz CT molecular complexity index is 1180. The SMILES string of the molecule is CCC1(C)CC(N2C(=O)c3ccc(C(=O)O)cc3C2=O)C(C)C(C)(CC)N1OC(C)c1ccccc1. The van der Waals surface area contributed by atoms with Gasteiger partial charge in [-0.3, -0.25) is 19.3 Å². The highest BCUT2D eigenvalue weighted by atomic mass is 16.7. The Kier molecular flexibility index (Phi) is 6.84. The third kappa shape index (κ3) is 4.04. The number of carboxylic acid groups (broad SMARTS) is 1. The monoisotopic (exact) mass is 492 g/mol. The van der Waals surface area contributed by atoms with E-state index in [9.17, 15) is 19.5 Å². The van der Waals surface area contributed by atoms with E-state index in [0.717, 1.165) is 18.4 Å². The van der Waals surface area contributed by atoms with Crippen molar-refractivity contribution in [1.29, 1.82) is 0 Å². The summed E-state index contributed by atoms with van der Waals surface area (Å²) in [5, 5.41) is 11.5. The first-order chi connectivity index (χ1) is 17.0. The Morgan fingerprint density at radius 3 is 2.28 bits per heavy atom. The molecule has 0 saturated carbocycles. The number of carbonyl (C=O) groups is 3. The molecule has 2 aliphatic heterocycles. The van der Waals surface area contributed by atoms with E-state index >= 15 is 0 Å². The van der Waals surface area contributed by atoms with Crippen molar-refractivity contribution in [3.63, 3.8) is 0 Å². The molecule has 2 heterocycles. The van der Waals surface area contributed by atoms with Gasteiger partial charge in [0.1, 0.15) is 6.10 Å². The van der Waals surface area contributed by atoms with Crippen LogP contribution in [-0.4, -0.2) is 50.0 Å². The van der Waals surface area contributed by atoms with Gasteiger partial charge >= 0.3 is 5.97 Å². The van der Waals surface area contributed by atoms with Crippen molar-refractivity contribution in [2.24, 2.45) is 5.92 Å². The highest BCUT2D eigenvalue weighted by Crippen LogP contribution is 2.49. The molecule has 2 amide bonds. The van der Waals surface area contributed by atoms with Crippen LogP contribution in [0.2, 0.25) is 0 Å². The first-order valence-electron chi connectivity index (χ1n) is 12.8. The molecule has 0 spiro atoms. The molecule has 0 radical (unpaired) electrons. The van der Waals surface area contributed by atoms with Gasteiger partial charge in [0, 0.05) is 17.1 Å².